The molecule has 1 saturated heterocycles. The van der Waals surface area contributed by atoms with E-state index in [0.717, 1.165) is 25.9 Å². The second-order valence-corrected chi connectivity index (χ2v) is 5.13. The Bertz CT molecular complexity index is 411. The maximum Gasteiger partial charge on any atom is 0.224 e. The van der Waals surface area contributed by atoms with Crippen molar-refractivity contribution in [2.24, 2.45) is 5.92 Å². The van der Waals surface area contributed by atoms with Gasteiger partial charge in [-0.15, -0.1) is 0 Å². The van der Waals surface area contributed by atoms with E-state index in [9.17, 15) is 4.79 Å². The van der Waals surface area contributed by atoms with Gasteiger partial charge in [0.25, 0.3) is 0 Å². The van der Waals surface area contributed by atoms with E-state index >= 15 is 0 Å². The molecule has 2 atom stereocenters. The van der Waals surface area contributed by atoms with E-state index < -0.39 is 0 Å². The summed E-state index contributed by atoms with van der Waals surface area (Å²) in [7, 11) is 0. The summed E-state index contributed by atoms with van der Waals surface area (Å²) in [5, 5.41) is 6.41. The Balaban J connectivity index is 1.96. The highest BCUT2D eigenvalue weighted by molar-refractivity contribution is 5.79. The molecule has 3 heteroatoms. The van der Waals surface area contributed by atoms with Crippen LogP contribution in [0.25, 0.3) is 0 Å². The summed E-state index contributed by atoms with van der Waals surface area (Å²) in [5.74, 6) is 0.308. The normalized spacial score (nSPS) is 21.3. The quantitative estimate of drug-likeness (QED) is 0.858. The van der Waals surface area contributed by atoms with Gasteiger partial charge in [0.2, 0.25) is 5.91 Å². The predicted octanol–water partition coefficient (Wildman–Crippen LogP) is 2.17. The number of aryl methyl sites for hydroxylation is 1. The minimum Gasteiger partial charge on any atom is -0.349 e. The molecule has 2 rings (SSSR count). The third-order valence-electron chi connectivity index (χ3n) is 3.68. The maximum atomic E-state index is 12.1. The molecule has 1 unspecified atom stereocenters. The summed E-state index contributed by atoms with van der Waals surface area (Å²) in [6.45, 7) is 5.99. The summed E-state index contributed by atoms with van der Waals surface area (Å²) in [5.41, 5.74) is 2.43. The van der Waals surface area contributed by atoms with E-state index in [0.29, 0.717) is 0 Å². The van der Waals surface area contributed by atoms with Crippen molar-refractivity contribution in [2.45, 2.75) is 32.7 Å². The number of benzene rings is 1. The topological polar surface area (TPSA) is 41.1 Å². The van der Waals surface area contributed by atoms with Crippen LogP contribution in [0.2, 0.25) is 0 Å². The molecule has 2 N–H and O–H groups in total. The first-order valence-corrected chi connectivity index (χ1v) is 6.75. The number of amides is 1. The van der Waals surface area contributed by atoms with Crippen LogP contribution in [-0.4, -0.2) is 19.0 Å². The standard InChI is InChI=1S/C15H22N2O/c1-11-6-3-4-8-14(11)12(2)17-15(18)13-7-5-9-16-10-13/h3-4,6,8,12-13,16H,5,7,9-10H2,1-2H3,(H,17,18)/t12-,13?/m0/s1. The van der Waals surface area contributed by atoms with Crippen LogP contribution in [0.5, 0.6) is 0 Å². The average molecular weight is 246 g/mol. The molecule has 1 fully saturated rings. The zero-order chi connectivity index (χ0) is 13.0. The van der Waals surface area contributed by atoms with Crippen LogP contribution in [0.3, 0.4) is 0 Å². The van der Waals surface area contributed by atoms with Gasteiger partial charge >= 0.3 is 0 Å². The average Bonchev–Trinajstić information content (AvgIpc) is 2.40. The molecule has 1 aromatic rings. The highest BCUT2D eigenvalue weighted by atomic mass is 16.1. The van der Waals surface area contributed by atoms with Crippen molar-refractivity contribution in [1.82, 2.24) is 10.6 Å². The SMILES string of the molecule is Cc1ccccc1[C@H](C)NC(=O)C1CCCNC1. The van der Waals surface area contributed by atoms with Gasteiger partial charge in [-0.3, -0.25) is 4.79 Å². The van der Waals surface area contributed by atoms with Crippen LogP contribution >= 0.6 is 0 Å². The number of nitrogens with one attached hydrogen (secondary N) is 2. The molecule has 1 aromatic carbocycles. The van der Waals surface area contributed by atoms with Gasteiger partial charge in [0.05, 0.1) is 12.0 Å². The second-order valence-electron chi connectivity index (χ2n) is 5.13. The predicted molar refractivity (Wildman–Crippen MR) is 73.3 cm³/mol. The Labute approximate surface area is 109 Å². The molecule has 98 valence electrons. The van der Waals surface area contributed by atoms with Crippen LogP contribution < -0.4 is 10.6 Å². The summed E-state index contributed by atoms with van der Waals surface area (Å²) in [4.78, 5) is 12.1. The molecule has 1 aliphatic rings. The minimum atomic E-state index is 0.0839. The van der Waals surface area contributed by atoms with Crippen molar-refractivity contribution >= 4 is 5.91 Å². The smallest absolute Gasteiger partial charge is 0.224 e. The first-order chi connectivity index (χ1) is 8.68. The molecule has 0 aliphatic carbocycles. The van der Waals surface area contributed by atoms with Crippen LogP contribution in [0, 0.1) is 12.8 Å². The number of hydrogen-bond donors (Lipinski definition) is 2. The van der Waals surface area contributed by atoms with Crippen LogP contribution in [0.4, 0.5) is 0 Å². The fourth-order valence-electron chi connectivity index (χ4n) is 2.56. The second kappa shape index (κ2) is 6.01. The van der Waals surface area contributed by atoms with Gasteiger partial charge in [-0.2, -0.15) is 0 Å². The molecule has 0 bridgehead atoms. The van der Waals surface area contributed by atoms with Gasteiger partial charge in [-0.05, 0) is 44.4 Å². The highest BCUT2D eigenvalue weighted by Gasteiger charge is 2.22. The largest absolute Gasteiger partial charge is 0.349 e. The fraction of sp³-hybridized carbons (Fsp3) is 0.533. The Morgan fingerprint density at radius 2 is 2.22 bits per heavy atom. The van der Waals surface area contributed by atoms with E-state index in [2.05, 4.69) is 36.6 Å². The van der Waals surface area contributed by atoms with Crippen LogP contribution in [0.15, 0.2) is 24.3 Å². The Morgan fingerprint density at radius 3 is 2.89 bits per heavy atom. The molecule has 0 aromatic heterocycles. The molecule has 18 heavy (non-hydrogen) atoms. The van der Waals surface area contributed by atoms with Gasteiger partial charge in [0.1, 0.15) is 0 Å². The Kier molecular flexibility index (Phi) is 4.37. The third-order valence-corrected chi connectivity index (χ3v) is 3.68. The Morgan fingerprint density at radius 1 is 1.44 bits per heavy atom. The van der Waals surface area contributed by atoms with Gasteiger partial charge in [-0.1, -0.05) is 24.3 Å². The molecule has 1 heterocycles. The molecule has 0 saturated carbocycles. The van der Waals surface area contributed by atoms with Gasteiger partial charge in [0.15, 0.2) is 0 Å². The van der Waals surface area contributed by atoms with E-state index in [1.54, 1.807) is 0 Å². The van der Waals surface area contributed by atoms with Crippen LogP contribution in [0.1, 0.15) is 36.9 Å². The molecule has 1 amide bonds. The van der Waals surface area contributed by atoms with E-state index in [4.69, 9.17) is 0 Å². The van der Waals surface area contributed by atoms with Crippen molar-refractivity contribution in [3.8, 4) is 0 Å². The van der Waals surface area contributed by atoms with Crippen molar-refractivity contribution in [2.75, 3.05) is 13.1 Å². The lowest BCUT2D eigenvalue weighted by atomic mass is 9.97. The number of rotatable bonds is 3. The van der Waals surface area contributed by atoms with E-state index in [1.807, 2.05) is 12.1 Å². The lowest BCUT2D eigenvalue weighted by Gasteiger charge is -2.24. The summed E-state index contributed by atoms with van der Waals surface area (Å²) in [6.07, 6.45) is 2.09. The lowest BCUT2D eigenvalue weighted by Crippen LogP contribution is -2.41. The van der Waals surface area contributed by atoms with Crippen LogP contribution in [-0.2, 0) is 4.79 Å². The monoisotopic (exact) mass is 246 g/mol. The zero-order valence-corrected chi connectivity index (χ0v) is 11.2. The lowest BCUT2D eigenvalue weighted by molar-refractivity contribution is -0.126. The third kappa shape index (κ3) is 3.10. The zero-order valence-electron chi connectivity index (χ0n) is 11.2. The number of carbonyl (C=O) groups is 1. The Hall–Kier alpha value is -1.35. The van der Waals surface area contributed by atoms with Crippen molar-refractivity contribution in [1.29, 1.82) is 0 Å². The maximum absolute atomic E-state index is 12.1. The summed E-state index contributed by atoms with van der Waals surface area (Å²) in [6, 6.07) is 8.30. The minimum absolute atomic E-state index is 0.0839. The number of hydrogen-bond acceptors (Lipinski definition) is 2. The van der Waals surface area contributed by atoms with Gasteiger partial charge in [-0.25, -0.2) is 0 Å². The number of carbonyl (C=O) groups excluding carboxylic acids is 1. The summed E-state index contributed by atoms with van der Waals surface area (Å²) >= 11 is 0. The molecule has 0 spiro atoms. The molecule has 3 nitrogen and oxygen atoms in total. The molecular formula is C15H22N2O. The van der Waals surface area contributed by atoms with E-state index in [1.165, 1.54) is 11.1 Å². The first-order valence-electron chi connectivity index (χ1n) is 6.75. The number of piperidine rings is 1. The van der Waals surface area contributed by atoms with Crippen molar-refractivity contribution in [3.05, 3.63) is 35.4 Å². The fourth-order valence-corrected chi connectivity index (χ4v) is 2.56. The first kappa shape index (κ1) is 13.1. The highest BCUT2D eigenvalue weighted by Crippen LogP contribution is 2.18. The molecular weight excluding hydrogens is 224 g/mol. The summed E-state index contributed by atoms with van der Waals surface area (Å²) < 4.78 is 0. The van der Waals surface area contributed by atoms with Gasteiger partial charge in [0, 0.05) is 6.54 Å². The molecule has 0 radical (unpaired) electrons. The van der Waals surface area contributed by atoms with Crippen molar-refractivity contribution in [3.63, 3.8) is 0 Å². The van der Waals surface area contributed by atoms with Gasteiger partial charge < -0.3 is 10.6 Å². The van der Waals surface area contributed by atoms with Crippen molar-refractivity contribution < 1.29 is 4.79 Å². The van der Waals surface area contributed by atoms with E-state index in [-0.39, 0.29) is 17.9 Å². The molecule has 1 aliphatic heterocycles.